The van der Waals surface area contributed by atoms with E-state index in [2.05, 4.69) is 6.58 Å². The first-order valence-electron chi connectivity index (χ1n) is 6.67. The van der Waals surface area contributed by atoms with Crippen molar-refractivity contribution >= 4 is 11.9 Å². The molecule has 4 heteroatoms. The van der Waals surface area contributed by atoms with Gasteiger partial charge in [0.05, 0.1) is 12.6 Å². The van der Waals surface area contributed by atoms with E-state index >= 15 is 0 Å². The Morgan fingerprint density at radius 3 is 2.45 bits per heavy atom. The zero-order valence-corrected chi connectivity index (χ0v) is 11.8. The summed E-state index contributed by atoms with van der Waals surface area (Å²) in [5.74, 6) is -0.403. The second-order valence-electron chi connectivity index (χ2n) is 5.13. The van der Waals surface area contributed by atoms with Gasteiger partial charge in [0.2, 0.25) is 5.91 Å². The zero-order chi connectivity index (χ0) is 14.7. The average molecular weight is 273 g/mol. The maximum absolute atomic E-state index is 12.2. The van der Waals surface area contributed by atoms with E-state index in [0.717, 1.165) is 5.56 Å². The maximum Gasteiger partial charge on any atom is 0.302 e. The number of nitrogens with zero attached hydrogens (tertiary/aromatic N) is 1. The van der Waals surface area contributed by atoms with Crippen LogP contribution in [0.3, 0.4) is 0 Å². The van der Waals surface area contributed by atoms with E-state index in [4.69, 9.17) is 4.74 Å². The fourth-order valence-electron chi connectivity index (χ4n) is 2.58. The monoisotopic (exact) mass is 273 g/mol. The predicted molar refractivity (Wildman–Crippen MR) is 75.9 cm³/mol. The average Bonchev–Trinajstić information content (AvgIpc) is 2.81. The molecule has 1 aliphatic heterocycles. The van der Waals surface area contributed by atoms with E-state index in [1.165, 1.54) is 6.92 Å². The van der Waals surface area contributed by atoms with Crippen LogP contribution < -0.4 is 0 Å². The lowest BCUT2D eigenvalue weighted by atomic mass is 10.0. The summed E-state index contributed by atoms with van der Waals surface area (Å²) in [7, 11) is 0. The summed E-state index contributed by atoms with van der Waals surface area (Å²) in [6.07, 6.45) is 0.379. The number of esters is 1. The van der Waals surface area contributed by atoms with Gasteiger partial charge >= 0.3 is 5.97 Å². The van der Waals surface area contributed by atoms with Crippen molar-refractivity contribution in [1.29, 1.82) is 0 Å². The van der Waals surface area contributed by atoms with Gasteiger partial charge in [0.15, 0.2) is 0 Å². The minimum Gasteiger partial charge on any atom is -0.461 e. The molecule has 0 aliphatic carbocycles. The van der Waals surface area contributed by atoms with Gasteiger partial charge in [0, 0.05) is 18.9 Å². The fourth-order valence-corrected chi connectivity index (χ4v) is 2.58. The number of carbonyl (C=O) groups excluding carboxylic acids is 2. The second kappa shape index (κ2) is 5.90. The van der Waals surface area contributed by atoms with Crippen LogP contribution >= 0.6 is 0 Å². The summed E-state index contributed by atoms with van der Waals surface area (Å²) >= 11 is 0. The summed E-state index contributed by atoms with van der Waals surface area (Å²) in [5, 5.41) is 0. The van der Waals surface area contributed by atoms with Crippen LogP contribution in [0.15, 0.2) is 42.5 Å². The molecule has 1 aromatic rings. The molecule has 0 saturated carbocycles. The molecule has 2 rings (SSSR count). The summed E-state index contributed by atoms with van der Waals surface area (Å²) in [5.41, 5.74) is 1.55. The van der Waals surface area contributed by atoms with Gasteiger partial charge in [-0.05, 0) is 12.5 Å². The molecular weight excluding hydrogens is 254 g/mol. The highest BCUT2D eigenvalue weighted by Crippen LogP contribution is 2.34. The lowest BCUT2D eigenvalue weighted by Gasteiger charge is -2.24. The Labute approximate surface area is 119 Å². The Hall–Kier alpha value is -2.10. The maximum atomic E-state index is 12.2. The Morgan fingerprint density at radius 1 is 1.25 bits per heavy atom. The molecule has 1 unspecified atom stereocenters. The van der Waals surface area contributed by atoms with Gasteiger partial charge in [0.1, 0.15) is 6.10 Å². The number of amides is 1. The van der Waals surface area contributed by atoms with Crippen LogP contribution in [-0.2, 0) is 14.3 Å². The van der Waals surface area contributed by atoms with Crippen molar-refractivity contribution in [2.75, 3.05) is 6.54 Å². The molecule has 0 N–H and O–H groups in total. The molecule has 2 atom stereocenters. The Balaban J connectivity index is 2.24. The number of ether oxygens (including phenoxy) is 1. The standard InChI is InChI=1S/C16H19NO3/c1-11(2)16(19)17-10-14(20-12(3)18)9-15(17)13-7-5-4-6-8-13/h4-8,14-15H,1,9-10H2,2-3H3/t14?,15-/m1/s1. The predicted octanol–water partition coefficient (Wildman–Crippen LogP) is 2.47. The first-order chi connectivity index (χ1) is 9.49. The van der Waals surface area contributed by atoms with Gasteiger partial charge in [-0.25, -0.2) is 0 Å². The van der Waals surface area contributed by atoms with E-state index in [1.54, 1.807) is 11.8 Å². The van der Waals surface area contributed by atoms with E-state index in [0.29, 0.717) is 18.5 Å². The Morgan fingerprint density at radius 2 is 1.90 bits per heavy atom. The lowest BCUT2D eigenvalue weighted by molar-refractivity contribution is -0.146. The van der Waals surface area contributed by atoms with Gasteiger partial charge in [0.25, 0.3) is 0 Å². The molecule has 1 aromatic carbocycles. The molecular formula is C16H19NO3. The fraction of sp³-hybridized carbons (Fsp3) is 0.375. The van der Waals surface area contributed by atoms with Crippen molar-refractivity contribution in [3.05, 3.63) is 48.0 Å². The lowest BCUT2D eigenvalue weighted by Crippen LogP contribution is -2.32. The third-order valence-electron chi connectivity index (χ3n) is 3.41. The normalized spacial score (nSPS) is 21.6. The molecule has 0 spiro atoms. The first kappa shape index (κ1) is 14.3. The van der Waals surface area contributed by atoms with Crippen molar-refractivity contribution in [3.63, 3.8) is 0 Å². The van der Waals surface area contributed by atoms with E-state index in [-0.39, 0.29) is 24.0 Å². The van der Waals surface area contributed by atoms with Crippen LogP contribution in [0.25, 0.3) is 0 Å². The summed E-state index contributed by atoms with van der Waals surface area (Å²) in [6, 6.07) is 9.73. The van der Waals surface area contributed by atoms with E-state index in [1.807, 2.05) is 30.3 Å². The van der Waals surface area contributed by atoms with Crippen molar-refractivity contribution < 1.29 is 14.3 Å². The van der Waals surface area contributed by atoms with Gasteiger partial charge in [-0.2, -0.15) is 0 Å². The number of rotatable bonds is 3. The first-order valence-corrected chi connectivity index (χ1v) is 6.67. The van der Waals surface area contributed by atoms with Crippen LogP contribution in [0.4, 0.5) is 0 Å². The third-order valence-corrected chi connectivity index (χ3v) is 3.41. The third kappa shape index (κ3) is 3.07. The number of benzene rings is 1. The zero-order valence-electron chi connectivity index (χ0n) is 11.8. The van der Waals surface area contributed by atoms with Crippen LogP contribution in [0.2, 0.25) is 0 Å². The second-order valence-corrected chi connectivity index (χ2v) is 5.13. The largest absolute Gasteiger partial charge is 0.461 e. The van der Waals surface area contributed by atoms with Gasteiger partial charge in [-0.1, -0.05) is 36.9 Å². The highest BCUT2D eigenvalue weighted by molar-refractivity contribution is 5.92. The number of hydrogen-bond donors (Lipinski definition) is 0. The topological polar surface area (TPSA) is 46.6 Å². The Kier molecular flexibility index (Phi) is 4.23. The van der Waals surface area contributed by atoms with Gasteiger partial charge < -0.3 is 9.64 Å². The molecule has 106 valence electrons. The smallest absolute Gasteiger partial charge is 0.302 e. The van der Waals surface area contributed by atoms with Crippen LogP contribution in [0, 0.1) is 0 Å². The van der Waals surface area contributed by atoms with Gasteiger partial charge in [-0.3, -0.25) is 9.59 Å². The highest BCUT2D eigenvalue weighted by Gasteiger charge is 2.37. The summed E-state index contributed by atoms with van der Waals surface area (Å²) in [4.78, 5) is 25.1. The van der Waals surface area contributed by atoms with Crippen LogP contribution in [0.1, 0.15) is 31.9 Å². The van der Waals surface area contributed by atoms with Crippen molar-refractivity contribution in [3.8, 4) is 0 Å². The summed E-state index contributed by atoms with van der Waals surface area (Å²) < 4.78 is 5.26. The van der Waals surface area contributed by atoms with E-state index in [9.17, 15) is 9.59 Å². The molecule has 1 fully saturated rings. The molecule has 4 nitrogen and oxygen atoms in total. The molecule has 1 amide bonds. The summed E-state index contributed by atoms with van der Waals surface area (Å²) in [6.45, 7) is 7.22. The number of hydrogen-bond acceptors (Lipinski definition) is 3. The number of likely N-dealkylation sites (tertiary alicyclic amines) is 1. The molecule has 1 saturated heterocycles. The van der Waals surface area contributed by atoms with Crippen molar-refractivity contribution in [1.82, 2.24) is 4.90 Å². The highest BCUT2D eigenvalue weighted by atomic mass is 16.5. The van der Waals surface area contributed by atoms with E-state index < -0.39 is 0 Å². The van der Waals surface area contributed by atoms with Crippen molar-refractivity contribution in [2.24, 2.45) is 0 Å². The van der Waals surface area contributed by atoms with Crippen molar-refractivity contribution in [2.45, 2.75) is 32.4 Å². The molecule has 1 heterocycles. The molecule has 20 heavy (non-hydrogen) atoms. The Bertz CT molecular complexity index is 524. The van der Waals surface area contributed by atoms with Crippen LogP contribution in [0.5, 0.6) is 0 Å². The minimum atomic E-state index is -0.313. The quantitative estimate of drug-likeness (QED) is 0.628. The van der Waals surface area contributed by atoms with Crippen LogP contribution in [-0.4, -0.2) is 29.4 Å². The molecule has 1 aliphatic rings. The minimum absolute atomic E-state index is 0.0650. The molecule has 0 aromatic heterocycles. The molecule has 0 radical (unpaired) electrons. The van der Waals surface area contributed by atoms with Gasteiger partial charge in [-0.15, -0.1) is 0 Å². The SMILES string of the molecule is C=C(C)C(=O)N1CC(OC(C)=O)C[C@@H]1c1ccccc1. The number of carbonyl (C=O) groups is 2. The molecule has 0 bridgehead atoms.